The number of halogens is 1. The molecule has 0 amide bonds. The summed E-state index contributed by atoms with van der Waals surface area (Å²) in [6, 6.07) is 3.72. The molecular weight excluding hydrogens is 350 g/mol. The van der Waals surface area contributed by atoms with Gasteiger partial charge in [-0.25, -0.2) is 18.2 Å². The number of nitrogens with zero attached hydrogens (tertiary/aromatic N) is 2. The van der Waals surface area contributed by atoms with Crippen molar-refractivity contribution in [3.05, 3.63) is 46.8 Å². The predicted molar refractivity (Wildman–Crippen MR) is 73.9 cm³/mol. The molecule has 2 aromatic rings. The molecule has 0 fully saturated rings. The van der Waals surface area contributed by atoms with Crippen molar-refractivity contribution in [2.75, 3.05) is 4.72 Å². The van der Waals surface area contributed by atoms with Gasteiger partial charge in [0.15, 0.2) is 5.82 Å². The lowest BCUT2D eigenvalue weighted by molar-refractivity contribution is 0.0696. The van der Waals surface area contributed by atoms with E-state index in [2.05, 4.69) is 30.6 Å². The molecule has 0 spiro atoms. The number of carboxylic acids is 1. The van der Waals surface area contributed by atoms with E-state index in [1.165, 1.54) is 30.7 Å². The second-order valence-corrected chi connectivity index (χ2v) is 6.15. The Hall–Kier alpha value is -2.00. The van der Waals surface area contributed by atoms with E-state index in [1.807, 2.05) is 0 Å². The van der Waals surface area contributed by atoms with Crippen molar-refractivity contribution >= 4 is 37.7 Å². The summed E-state index contributed by atoms with van der Waals surface area (Å²) in [7, 11) is -3.96. The molecule has 0 saturated heterocycles. The Balaban J connectivity index is 2.44. The molecule has 0 aliphatic heterocycles. The summed E-state index contributed by atoms with van der Waals surface area (Å²) in [5, 5.41) is 8.90. The second kappa shape index (κ2) is 5.55. The summed E-state index contributed by atoms with van der Waals surface area (Å²) in [5.41, 5.74) is -0.132. The molecule has 7 nitrogen and oxygen atoms in total. The Morgan fingerprint density at radius 1 is 1.30 bits per heavy atom. The molecule has 1 aromatic carbocycles. The van der Waals surface area contributed by atoms with Crippen LogP contribution in [0.3, 0.4) is 0 Å². The van der Waals surface area contributed by atoms with Crippen LogP contribution in [-0.4, -0.2) is 29.5 Å². The largest absolute Gasteiger partial charge is 0.478 e. The first-order valence-electron chi connectivity index (χ1n) is 5.22. The van der Waals surface area contributed by atoms with Crippen molar-refractivity contribution in [1.82, 2.24) is 9.97 Å². The van der Waals surface area contributed by atoms with Crippen molar-refractivity contribution in [2.24, 2.45) is 0 Å². The molecule has 9 heteroatoms. The number of hydrogen-bond acceptors (Lipinski definition) is 5. The average Bonchev–Trinajstić information content (AvgIpc) is 2.39. The molecule has 0 atom stereocenters. The molecule has 1 aromatic heterocycles. The Morgan fingerprint density at radius 3 is 2.65 bits per heavy atom. The number of rotatable bonds is 4. The van der Waals surface area contributed by atoms with Gasteiger partial charge < -0.3 is 5.11 Å². The number of nitrogens with one attached hydrogen (secondary N) is 1. The molecule has 2 N–H and O–H groups in total. The first kappa shape index (κ1) is 14.4. The third kappa shape index (κ3) is 3.11. The van der Waals surface area contributed by atoms with Gasteiger partial charge in [0.05, 0.1) is 11.8 Å². The summed E-state index contributed by atoms with van der Waals surface area (Å²) in [6.45, 7) is 0. The van der Waals surface area contributed by atoms with Crippen LogP contribution in [0.4, 0.5) is 5.82 Å². The van der Waals surface area contributed by atoms with Crippen LogP contribution in [0.2, 0.25) is 0 Å². The molecule has 0 bridgehead atoms. The van der Waals surface area contributed by atoms with Crippen LogP contribution in [0.1, 0.15) is 10.4 Å². The van der Waals surface area contributed by atoms with Gasteiger partial charge in [0.1, 0.15) is 4.90 Å². The SMILES string of the molecule is O=C(O)c1ccc(Br)c(S(=O)(=O)Nc2cnccn2)c1. The fourth-order valence-electron chi connectivity index (χ4n) is 1.39. The number of hydrogen-bond donors (Lipinski definition) is 2. The highest BCUT2D eigenvalue weighted by Crippen LogP contribution is 2.24. The van der Waals surface area contributed by atoms with E-state index >= 15 is 0 Å². The van der Waals surface area contributed by atoms with E-state index in [0.717, 1.165) is 6.07 Å². The number of benzene rings is 1. The van der Waals surface area contributed by atoms with Gasteiger partial charge in [0.2, 0.25) is 0 Å². The Bertz CT molecular complexity index is 750. The first-order chi connectivity index (χ1) is 9.40. The van der Waals surface area contributed by atoms with Gasteiger partial charge >= 0.3 is 5.97 Å². The zero-order valence-corrected chi connectivity index (χ0v) is 12.2. The first-order valence-corrected chi connectivity index (χ1v) is 7.49. The van der Waals surface area contributed by atoms with Crippen molar-refractivity contribution < 1.29 is 18.3 Å². The lowest BCUT2D eigenvalue weighted by atomic mass is 10.2. The van der Waals surface area contributed by atoms with Gasteiger partial charge in [-0.15, -0.1) is 0 Å². The molecule has 1 heterocycles. The molecule has 0 saturated carbocycles. The van der Waals surface area contributed by atoms with E-state index in [4.69, 9.17) is 5.11 Å². The third-order valence-corrected chi connectivity index (χ3v) is 4.62. The molecule has 20 heavy (non-hydrogen) atoms. The van der Waals surface area contributed by atoms with E-state index in [0.29, 0.717) is 0 Å². The number of carboxylic acid groups (broad SMARTS) is 1. The minimum absolute atomic E-state index is 0.0418. The van der Waals surface area contributed by atoms with Crippen LogP contribution < -0.4 is 4.72 Å². The summed E-state index contributed by atoms with van der Waals surface area (Å²) in [4.78, 5) is 18.2. The van der Waals surface area contributed by atoms with Gasteiger partial charge in [-0.05, 0) is 34.1 Å². The maximum Gasteiger partial charge on any atom is 0.335 e. The highest BCUT2D eigenvalue weighted by Gasteiger charge is 2.20. The number of sulfonamides is 1. The quantitative estimate of drug-likeness (QED) is 0.862. The molecule has 0 radical (unpaired) electrons. The number of anilines is 1. The van der Waals surface area contributed by atoms with E-state index in [1.54, 1.807) is 0 Å². The molecule has 0 aliphatic rings. The lowest BCUT2D eigenvalue weighted by Gasteiger charge is -2.09. The van der Waals surface area contributed by atoms with Gasteiger partial charge in [-0.1, -0.05) is 0 Å². The fraction of sp³-hybridized carbons (Fsp3) is 0. The van der Waals surface area contributed by atoms with Gasteiger partial charge in [0.25, 0.3) is 10.0 Å². The molecule has 104 valence electrons. The summed E-state index contributed by atoms with van der Waals surface area (Å²) < 4.78 is 26.9. The van der Waals surface area contributed by atoms with Crippen molar-refractivity contribution in [3.63, 3.8) is 0 Å². The maximum atomic E-state index is 12.2. The van der Waals surface area contributed by atoms with Crippen LogP contribution in [-0.2, 0) is 10.0 Å². The average molecular weight is 358 g/mol. The number of aromatic nitrogens is 2. The Kier molecular flexibility index (Phi) is 4.00. The van der Waals surface area contributed by atoms with Crippen LogP contribution in [0, 0.1) is 0 Å². The van der Waals surface area contributed by atoms with Gasteiger partial charge in [-0.3, -0.25) is 9.71 Å². The minimum atomic E-state index is -3.96. The Labute approximate surface area is 122 Å². The van der Waals surface area contributed by atoms with Crippen LogP contribution in [0.25, 0.3) is 0 Å². The summed E-state index contributed by atoms with van der Waals surface area (Å²) >= 11 is 3.08. The minimum Gasteiger partial charge on any atom is -0.478 e. The monoisotopic (exact) mass is 357 g/mol. The number of carbonyl (C=O) groups is 1. The highest BCUT2D eigenvalue weighted by atomic mass is 79.9. The highest BCUT2D eigenvalue weighted by molar-refractivity contribution is 9.10. The topological polar surface area (TPSA) is 109 Å². The van der Waals surface area contributed by atoms with Crippen molar-refractivity contribution in [1.29, 1.82) is 0 Å². The number of aromatic carboxylic acids is 1. The summed E-state index contributed by atoms with van der Waals surface area (Å²) in [6.07, 6.45) is 3.98. The van der Waals surface area contributed by atoms with Gasteiger partial charge in [-0.2, -0.15) is 0 Å². The van der Waals surface area contributed by atoms with E-state index in [9.17, 15) is 13.2 Å². The van der Waals surface area contributed by atoms with Gasteiger partial charge in [0, 0.05) is 16.9 Å². The van der Waals surface area contributed by atoms with E-state index in [-0.39, 0.29) is 20.7 Å². The van der Waals surface area contributed by atoms with Crippen LogP contribution >= 0.6 is 15.9 Å². The van der Waals surface area contributed by atoms with E-state index < -0.39 is 16.0 Å². The van der Waals surface area contributed by atoms with Crippen LogP contribution in [0.15, 0.2) is 46.2 Å². The standard InChI is InChI=1S/C11H8BrN3O4S/c12-8-2-1-7(11(16)17)5-9(8)20(18,19)15-10-6-13-3-4-14-10/h1-6H,(H,14,15)(H,16,17). The Morgan fingerprint density at radius 2 is 2.05 bits per heavy atom. The smallest absolute Gasteiger partial charge is 0.335 e. The molecule has 2 rings (SSSR count). The fourth-order valence-corrected chi connectivity index (χ4v) is 3.37. The second-order valence-electron chi connectivity index (χ2n) is 3.65. The van der Waals surface area contributed by atoms with Crippen molar-refractivity contribution in [3.8, 4) is 0 Å². The van der Waals surface area contributed by atoms with Crippen LogP contribution in [0.5, 0.6) is 0 Å². The predicted octanol–water partition coefficient (Wildman–Crippen LogP) is 1.74. The lowest BCUT2D eigenvalue weighted by Crippen LogP contribution is -2.15. The molecule has 0 aliphatic carbocycles. The maximum absolute atomic E-state index is 12.2. The normalized spacial score (nSPS) is 11.1. The summed E-state index contributed by atoms with van der Waals surface area (Å²) in [5.74, 6) is -1.17. The molecular formula is C11H8BrN3O4S. The zero-order valence-electron chi connectivity index (χ0n) is 9.82. The molecule has 0 unspecified atom stereocenters. The third-order valence-electron chi connectivity index (χ3n) is 2.27. The van der Waals surface area contributed by atoms with Crippen molar-refractivity contribution in [2.45, 2.75) is 4.90 Å². The zero-order chi connectivity index (χ0) is 14.8.